The summed E-state index contributed by atoms with van der Waals surface area (Å²) in [6.07, 6.45) is 10.4. The van der Waals surface area contributed by atoms with Crippen LogP contribution in [-0.4, -0.2) is 22.4 Å². The molecule has 1 amide bonds. The monoisotopic (exact) mass is 278 g/mol. The van der Waals surface area contributed by atoms with Crippen LogP contribution >= 0.6 is 11.8 Å². The first-order chi connectivity index (χ1) is 9.34. The molecule has 0 radical (unpaired) electrons. The summed E-state index contributed by atoms with van der Waals surface area (Å²) in [5, 5.41) is 2.94. The van der Waals surface area contributed by atoms with Gasteiger partial charge in [0.1, 0.15) is 0 Å². The molecule has 4 heteroatoms. The maximum atomic E-state index is 11.7. The number of rotatable bonds is 6. The lowest BCUT2D eigenvalue weighted by molar-refractivity contribution is -0.118. The molecule has 104 valence electrons. The molecule has 0 aromatic carbocycles. The van der Waals surface area contributed by atoms with Gasteiger partial charge in [-0.3, -0.25) is 9.78 Å². The van der Waals surface area contributed by atoms with E-state index in [9.17, 15) is 4.79 Å². The lowest BCUT2D eigenvalue weighted by atomic mass is 9.91. The van der Waals surface area contributed by atoms with Gasteiger partial charge in [0.05, 0.1) is 5.75 Å². The lowest BCUT2D eigenvalue weighted by Gasteiger charge is -2.20. The van der Waals surface area contributed by atoms with Crippen molar-refractivity contribution in [3.8, 4) is 0 Å². The van der Waals surface area contributed by atoms with Gasteiger partial charge in [-0.2, -0.15) is 11.8 Å². The highest BCUT2D eigenvalue weighted by Crippen LogP contribution is 2.26. The molecule has 1 heterocycles. The zero-order valence-electron chi connectivity index (χ0n) is 11.3. The number of nitrogens with zero attached hydrogens (tertiary/aromatic N) is 1. The number of amides is 1. The summed E-state index contributed by atoms with van der Waals surface area (Å²) in [7, 11) is 0. The molecule has 1 N–H and O–H groups in total. The minimum atomic E-state index is 0.129. The molecule has 0 unspecified atom stereocenters. The fourth-order valence-corrected chi connectivity index (χ4v) is 3.50. The Balaban J connectivity index is 1.57. The summed E-state index contributed by atoms with van der Waals surface area (Å²) in [6, 6.07) is 3.86. The number of thioether (sulfide) groups is 1. The average molecular weight is 278 g/mol. The summed E-state index contributed by atoms with van der Waals surface area (Å²) < 4.78 is 0. The fourth-order valence-electron chi connectivity index (χ4n) is 2.43. The maximum absolute atomic E-state index is 11.7. The summed E-state index contributed by atoms with van der Waals surface area (Å²) in [6.45, 7) is 0.580. The Labute approximate surface area is 119 Å². The van der Waals surface area contributed by atoms with Crippen LogP contribution in [-0.2, 0) is 11.3 Å². The third kappa shape index (κ3) is 5.64. The van der Waals surface area contributed by atoms with E-state index in [1.807, 2.05) is 12.1 Å². The topological polar surface area (TPSA) is 42.0 Å². The van der Waals surface area contributed by atoms with Crippen molar-refractivity contribution >= 4 is 17.7 Å². The third-order valence-electron chi connectivity index (χ3n) is 3.52. The van der Waals surface area contributed by atoms with Crippen molar-refractivity contribution in [1.29, 1.82) is 0 Å². The molecule has 1 aliphatic carbocycles. The minimum absolute atomic E-state index is 0.129. The van der Waals surface area contributed by atoms with Crippen molar-refractivity contribution in [3.05, 3.63) is 30.1 Å². The second-order valence-electron chi connectivity index (χ2n) is 5.16. The summed E-state index contributed by atoms with van der Waals surface area (Å²) in [5.74, 6) is 2.69. The SMILES string of the molecule is O=C(CSCC1CCCCC1)NCc1cccnc1. The molecule has 3 nitrogen and oxygen atoms in total. The second kappa shape index (κ2) is 8.20. The van der Waals surface area contributed by atoms with Gasteiger partial charge in [0.2, 0.25) is 5.91 Å². The van der Waals surface area contributed by atoms with Gasteiger partial charge in [0, 0.05) is 18.9 Å². The van der Waals surface area contributed by atoms with Gasteiger partial charge in [-0.1, -0.05) is 25.3 Å². The van der Waals surface area contributed by atoms with Crippen LogP contribution in [0.5, 0.6) is 0 Å². The molecule has 0 spiro atoms. The van der Waals surface area contributed by atoms with Crippen molar-refractivity contribution in [1.82, 2.24) is 10.3 Å². The Bertz CT molecular complexity index is 377. The van der Waals surface area contributed by atoms with Crippen LogP contribution in [0.3, 0.4) is 0 Å². The molecule has 1 aromatic rings. The van der Waals surface area contributed by atoms with Gasteiger partial charge in [0.25, 0.3) is 0 Å². The number of nitrogens with one attached hydrogen (secondary N) is 1. The standard InChI is InChI=1S/C15H22N2OS/c18-15(17-10-14-7-4-8-16-9-14)12-19-11-13-5-2-1-3-6-13/h4,7-9,13H,1-3,5-6,10-12H2,(H,17,18). The van der Waals surface area contributed by atoms with Gasteiger partial charge >= 0.3 is 0 Å². The van der Waals surface area contributed by atoms with Crippen LogP contribution in [0.4, 0.5) is 0 Å². The number of hydrogen-bond acceptors (Lipinski definition) is 3. The zero-order chi connectivity index (χ0) is 13.3. The smallest absolute Gasteiger partial charge is 0.230 e. The highest BCUT2D eigenvalue weighted by molar-refractivity contribution is 7.99. The number of pyridine rings is 1. The maximum Gasteiger partial charge on any atom is 0.230 e. The van der Waals surface area contributed by atoms with E-state index >= 15 is 0 Å². The summed E-state index contributed by atoms with van der Waals surface area (Å²) >= 11 is 1.78. The minimum Gasteiger partial charge on any atom is -0.351 e. The zero-order valence-corrected chi connectivity index (χ0v) is 12.1. The van der Waals surface area contributed by atoms with Gasteiger partial charge in [-0.25, -0.2) is 0 Å². The van der Waals surface area contributed by atoms with Crippen molar-refractivity contribution in [2.45, 2.75) is 38.6 Å². The van der Waals surface area contributed by atoms with E-state index in [0.29, 0.717) is 12.3 Å². The van der Waals surface area contributed by atoms with Crippen LogP contribution in [0, 0.1) is 5.92 Å². The predicted molar refractivity (Wildman–Crippen MR) is 80.0 cm³/mol. The number of carbonyl (C=O) groups excluding carboxylic acids is 1. The molecule has 2 rings (SSSR count). The largest absolute Gasteiger partial charge is 0.351 e. The fraction of sp³-hybridized carbons (Fsp3) is 0.600. The first-order valence-corrected chi connectivity index (χ1v) is 8.23. The summed E-state index contributed by atoms with van der Waals surface area (Å²) in [4.78, 5) is 15.7. The highest BCUT2D eigenvalue weighted by atomic mass is 32.2. The quantitative estimate of drug-likeness (QED) is 0.869. The van der Waals surface area contributed by atoms with Gasteiger partial charge in [0.15, 0.2) is 0 Å². The number of aromatic nitrogens is 1. The van der Waals surface area contributed by atoms with Crippen molar-refractivity contribution < 1.29 is 4.79 Å². The molecule has 1 fully saturated rings. The third-order valence-corrected chi connectivity index (χ3v) is 4.70. The van der Waals surface area contributed by atoms with Crippen LogP contribution in [0.25, 0.3) is 0 Å². The van der Waals surface area contributed by atoms with Gasteiger partial charge < -0.3 is 5.32 Å². The molecule has 0 atom stereocenters. The number of carbonyl (C=O) groups is 1. The van der Waals surface area contributed by atoms with Gasteiger partial charge in [-0.05, 0) is 36.1 Å². The van der Waals surface area contributed by atoms with E-state index in [1.54, 1.807) is 24.2 Å². The van der Waals surface area contributed by atoms with Gasteiger partial charge in [-0.15, -0.1) is 0 Å². The van der Waals surface area contributed by atoms with E-state index in [-0.39, 0.29) is 5.91 Å². The van der Waals surface area contributed by atoms with Crippen molar-refractivity contribution in [2.75, 3.05) is 11.5 Å². The first-order valence-electron chi connectivity index (χ1n) is 7.08. The molecule has 1 aromatic heterocycles. The van der Waals surface area contributed by atoms with Crippen LogP contribution in [0.2, 0.25) is 0 Å². The molecule has 19 heavy (non-hydrogen) atoms. The van der Waals surface area contributed by atoms with E-state index in [4.69, 9.17) is 0 Å². The molecule has 0 bridgehead atoms. The van der Waals surface area contributed by atoms with Crippen LogP contribution in [0.15, 0.2) is 24.5 Å². The first kappa shape index (κ1) is 14.4. The second-order valence-corrected chi connectivity index (χ2v) is 6.19. The van der Waals surface area contributed by atoms with Crippen molar-refractivity contribution in [2.24, 2.45) is 5.92 Å². The normalized spacial score (nSPS) is 16.2. The summed E-state index contributed by atoms with van der Waals surface area (Å²) in [5.41, 5.74) is 1.05. The molecular formula is C15H22N2OS. The Hall–Kier alpha value is -1.03. The predicted octanol–water partition coefficient (Wildman–Crippen LogP) is 3.01. The average Bonchev–Trinajstić information content (AvgIpc) is 2.47. The molecule has 0 saturated heterocycles. The van der Waals surface area contributed by atoms with Crippen LogP contribution < -0.4 is 5.32 Å². The Kier molecular flexibility index (Phi) is 6.21. The molecule has 1 aliphatic rings. The molecule has 0 aliphatic heterocycles. The van der Waals surface area contributed by atoms with E-state index in [1.165, 1.54) is 32.1 Å². The molecule has 1 saturated carbocycles. The highest BCUT2D eigenvalue weighted by Gasteiger charge is 2.13. The Morgan fingerprint density at radius 2 is 2.21 bits per heavy atom. The lowest BCUT2D eigenvalue weighted by Crippen LogP contribution is -2.25. The number of hydrogen-bond donors (Lipinski definition) is 1. The van der Waals surface area contributed by atoms with Crippen molar-refractivity contribution in [3.63, 3.8) is 0 Å². The molecular weight excluding hydrogens is 256 g/mol. The van der Waals surface area contributed by atoms with E-state index < -0.39 is 0 Å². The van der Waals surface area contributed by atoms with E-state index in [0.717, 1.165) is 17.2 Å². The Morgan fingerprint density at radius 3 is 2.95 bits per heavy atom. The van der Waals surface area contributed by atoms with E-state index in [2.05, 4.69) is 10.3 Å². The van der Waals surface area contributed by atoms with Crippen LogP contribution in [0.1, 0.15) is 37.7 Å². The Morgan fingerprint density at radius 1 is 1.37 bits per heavy atom.